The molecular weight excluding hydrogens is 301 g/mol. The molecular formula is C21H22FNO. The lowest BCUT2D eigenvalue weighted by atomic mass is 10.0. The van der Waals surface area contributed by atoms with Crippen molar-refractivity contribution in [1.29, 1.82) is 0 Å². The maximum atomic E-state index is 13.0. The Hall–Kier alpha value is -2.39. The Labute approximate surface area is 142 Å². The third-order valence-electron chi connectivity index (χ3n) is 4.00. The average Bonchev–Trinajstić information content (AvgIpc) is 2.62. The summed E-state index contributed by atoms with van der Waals surface area (Å²) >= 11 is 0. The highest BCUT2D eigenvalue weighted by Crippen LogP contribution is 2.28. The lowest BCUT2D eigenvalue weighted by Gasteiger charge is -2.15. The molecule has 1 N–H and O–H groups in total. The van der Waals surface area contributed by atoms with Gasteiger partial charge < -0.3 is 10.1 Å². The van der Waals surface area contributed by atoms with Crippen LogP contribution < -0.4 is 10.1 Å². The van der Waals surface area contributed by atoms with Crippen molar-refractivity contribution >= 4 is 10.8 Å². The van der Waals surface area contributed by atoms with E-state index in [0.29, 0.717) is 19.7 Å². The number of rotatable bonds is 7. The first-order valence-electron chi connectivity index (χ1n) is 8.36. The fraction of sp³-hybridized carbons (Fsp3) is 0.238. The van der Waals surface area contributed by atoms with Crippen molar-refractivity contribution in [1.82, 2.24) is 5.32 Å². The SMILES string of the molecule is CCCOc1ccc2ccccc2c1CNCc1ccc(F)cc1. The van der Waals surface area contributed by atoms with Crippen molar-refractivity contribution in [2.45, 2.75) is 26.4 Å². The number of fused-ring (bicyclic) bond motifs is 1. The van der Waals surface area contributed by atoms with Crippen molar-refractivity contribution in [3.05, 3.63) is 77.6 Å². The minimum atomic E-state index is -0.206. The zero-order valence-electron chi connectivity index (χ0n) is 13.9. The summed E-state index contributed by atoms with van der Waals surface area (Å²) in [6.07, 6.45) is 0.981. The van der Waals surface area contributed by atoms with Crippen LogP contribution in [-0.4, -0.2) is 6.61 Å². The van der Waals surface area contributed by atoms with Crippen LogP contribution in [0.25, 0.3) is 10.8 Å². The molecule has 0 radical (unpaired) electrons. The number of nitrogens with one attached hydrogen (secondary N) is 1. The van der Waals surface area contributed by atoms with Crippen molar-refractivity contribution in [2.24, 2.45) is 0 Å². The molecule has 0 fully saturated rings. The minimum Gasteiger partial charge on any atom is -0.493 e. The lowest BCUT2D eigenvalue weighted by molar-refractivity contribution is 0.314. The van der Waals surface area contributed by atoms with E-state index in [9.17, 15) is 4.39 Å². The van der Waals surface area contributed by atoms with E-state index in [0.717, 1.165) is 17.7 Å². The zero-order chi connectivity index (χ0) is 16.8. The predicted molar refractivity (Wildman–Crippen MR) is 96.7 cm³/mol. The maximum Gasteiger partial charge on any atom is 0.124 e. The summed E-state index contributed by atoms with van der Waals surface area (Å²) in [6, 6.07) is 19.1. The maximum absolute atomic E-state index is 13.0. The van der Waals surface area contributed by atoms with Crippen LogP contribution in [0.5, 0.6) is 5.75 Å². The number of ether oxygens (including phenoxy) is 1. The molecule has 0 aromatic heterocycles. The van der Waals surface area contributed by atoms with Crippen LogP contribution in [-0.2, 0) is 13.1 Å². The van der Waals surface area contributed by atoms with Gasteiger partial charge in [0.15, 0.2) is 0 Å². The van der Waals surface area contributed by atoms with Gasteiger partial charge in [-0.25, -0.2) is 4.39 Å². The third-order valence-corrected chi connectivity index (χ3v) is 4.00. The molecule has 0 amide bonds. The van der Waals surface area contributed by atoms with Gasteiger partial charge in [0.05, 0.1) is 6.61 Å². The molecule has 0 aliphatic heterocycles. The highest BCUT2D eigenvalue weighted by Gasteiger charge is 2.08. The molecule has 0 atom stereocenters. The number of hydrogen-bond donors (Lipinski definition) is 1. The van der Waals surface area contributed by atoms with E-state index in [1.807, 2.05) is 12.1 Å². The van der Waals surface area contributed by atoms with Crippen molar-refractivity contribution in [3.8, 4) is 5.75 Å². The standard InChI is InChI=1S/C21H22FNO/c1-2-13-24-21-12-9-17-5-3-4-6-19(17)20(21)15-23-14-16-7-10-18(22)11-8-16/h3-12,23H,2,13-15H2,1H3. The summed E-state index contributed by atoms with van der Waals surface area (Å²) in [4.78, 5) is 0. The molecule has 0 aliphatic carbocycles. The van der Waals surface area contributed by atoms with Gasteiger partial charge in [-0.2, -0.15) is 0 Å². The van der Waals surface area contributed by atoms with Gasteiger partial charge in [0.2, 0.25) is 0 Å². The van der Waals surface area contributed by atoms with Crippen molar-refractivity contribution in [3.63, 3.8) is 0 Å². The molecule has 3 heteroatoms. The van der Waals surface area contributed by atoms with E-state index in [4.69, 9.17) is 4.74 Å². The Balaban J connectivity index is 1.79. The second kappa shape index (κ2) is 7.93. The van der Waals surface area contributed by atoms with Crippen molar-refractivity contribution < 1.29 is 9.13 Å². The van der Waals surface area contributed by atoms with Gasteiger partial charge in [-0.1, -0.05) is 49.4 Å². The molecule has 2 nitrogen and oxygen atoms in total. The van der Waals surface area contributed by atoms with E-state index >= 15 is 0 Å². The van der Waals surface area contributed by atoms with Gasteiger partial charge in [0, 0.05) is 18.7 Å². The van der Waals surface area contributed by atoms with Gasteiger partial charge in [0.1, 0.15) is 11.6 Å². The second-order valence-corrected chi connectivity index (χ2v) is 5.84. The minimum absolute atomic E-state index is 0.206. The van der Waals surface area contributed by atoms with Gasteiger partial charge in [-0.15, -0.1) is 0 Å². The fourth-order valence-corrected chi connectivity index (χ4v) is 2.78. The van der Waals surface area contributed by atoms with Gasteiger partial charge in [-0.05, 0) is 41.0 Å². The molecule has 124 valence electrons. The first kappa shape index (κ1) is 16.5. The summed E-state index contributed by atoms with van der Waals surface area (Å²) in [5.74, 6) is 0.727. The molecule has 0 saturated carbocycles. The van der Waals surface area contributed by atoms with E-state index in [1.54, 1.807) is 12.1 Å². The van der Waals surface area contributed by atoms with E-state index in [2.05, 4.69) is 36.5 Å². The topological polar surface area (TPSA) is 21.3 Å². The lowest BCUT2D eigenvalue weighted by Crippen LogP contribution is -2.14. The Bertz CT molecular complexity index is 799. The fourth-order valence-electron chi connectivity index (χ4n) is 2.78. The molecule has 3 rings (SSSR count). The summed E-state index contributed by atoms with van der Waals surface area (Å²) in [6.45, 7) is 4.21. The summed E-state index contributed by atoms with van der Waals surface area (Å²) in [5.41, 5.74) is 2.23. The summed E-state index contributed by atoms with van der Waals surface area (Å²) in [7, 11) is 0. The Morgan fingerprint density at radius 3 is 2.50 bits per heavy atom. The normalized spacial score (nSPS) is 10.9. The molecule has 24 heavy (non-hydrogen) atoms. The van der Waals surface area contributed by atoms with Crippen LogP contribution in [0.2, 0.25) is 0 Å². The van der Waals surface area contributed by atoms with Crippen LogP contribution in [0, 0.1) is 5.82 Å². The highest BCUT2D eigenvalue weighted by molar-refractivity contribution is 5.87. The average molecular weight is 323 g/mol. The van der Waals surface area contributed by atoms with Crippen LogP contribution in [0.4, 0.5) is 4.39 Å². The molecule has 0 saturated heterocycles. The summed E-state index contributed by atoms with van der Waals surface area (Å²) in [5, 5.41) is 5.86. The monoisotopic (exact) mass is 323 g/mol. The highest BCUT2D eigenvalue weighted by atomic mass is 19.1. The molecule has 3 aromatic rings. The molecule has 0 heterocycles. The first-order chi connectivity index (χ1) is 11.8. The van der Waals surface area contributed by atoms with Gasteiger partial charge in [0.25, 0.3) is 0 Å². The Morgan fingerprint density at radius 2 is 1.71 bits per heavy atom. The Kier molecular flexibility index (Phi) is 5.44. The second-order valence-electron chi connectivity index (χ2n) is 5.84. The van der Waals surface area contributed by atoms with E-state index < -0.39 is 0 Å². The smallest absolute Gasteiger partial charge is 0.124 e. The van der Waals surface area contributed by atoms with E-state index in [1.165, 1.54) is 28.5 Å². The molecule has 3 aromatic carbocycles. The van der Waals surface area contributed by atoms with Crippen LogP contribution in [0.15, 0.2) is 60.7 Å². The van der Waals surface area contributed by atoms with Gasteiger partial charge in [-0.3, -0.25) is 0 Å². The molecule has 0 spiro atoms. The molecule has 0 unspecified atom stereocenters. The quantitative estimate of drug-likeness (QED) is 0.656. The number of hydrogen-bond acceptors (Lipinski definition) is 2. The van der Waals surface area contributed by atoms with Crippen molar-refractivity contribution in [2.75, 3.05) is 6.61 Å². The Morgan fingerprint density at radius 1 is 0.917 bits per heavy atom. The molecule has 0 aliphatic rings. The predicted octanol–water partition coefficient (Wildman–Crippen LogP) is 5.06. The number of halogens is 1. The first-order valence-corrected chi connectivity index (χ1v) is 8.36. The third kappa shape index (κ3) is 3.92. The summed E-state index contributed by atoms with van der Waals surface area (Å²) < 4.78 is 18.9. The van der Waals surface area contributed by atoms with Gasteiger partial charge >= 0.3 is 0 Å². The molecule has 0 bridgehead atoms. The zero-order valence-corrected chi connectivity index (χ0v) is 13.9. The van der Waals surface area contributed by atoms with E-state index in [-0.39, 0.29) is 5.82 Å². The van der Waals surface area contributed by atoms with Crippen LogP contribution >= 0.6 is 0 Å². The van der Waals surface area contributed by atoms with Crippen LogP contribution in [0.1, 0.15) is 24.5 Å². The van der Waals surface area contributed by atoms with Crippen LogP contribution in [0.3, 0.4) is 0 Å². The largest absolute Gasteiger partial charge is 0.493 e. The number of benzene rings is 3.